The zero-order chi connectivity index (χ0) is 16.6. The second-order valence-electron chi connectivity index (χ2n) is 4.66. The minimum Gasteiger partial charge on any atom is -0.479 e. The normalized spacial score (nSPS) is 9.83. The number of carbonyl (C=O) groups excluding carboxylic acids is 1. The molecule has 3 aromatic heterocycles. The number of thiophene rings is 1. The Morgan fingerprint density at radius 1 is 1.33 bits per heavy atom. The minimum absolute atomic E-state index is 0.233. The lowest BCUT2D eigenvalue weighted by Gasteiger charge is -1.99. The van der Waals surface area contributed by atoms with E-state index in [0.717, 1.165) is 10.6 Å². The van der Waals surface area contributed by atoms with Crippen LogP contribution in [0.5, 0.6) is 5.75 Å². The van der Waals surface area contributed by atoms with E-state index >= 15 is 0 Å². The van der Waals surface area contributed by atoms with Crippen LogP contribution in [0.2, 0.25) is 0 Å². The molecule has 0 bridgehead atoms. The van der Waals surface area contributed by atoms with Crippen LogP contribution in [-0.2, 0) is 0 Å². The van der Waals surface area contributed by atoms with Gasteiger partial charge < -0.3 is 10.1 Å². The molecule has 2 N–H and O–H groups in total. The Bertz CT molecular complexity index is 848. The topological polar surface area (TPSA) is 79.9 Å². The molecule has 0 aliphatic carbocycles. The standard InChI is InChI=1S/C17H14N4O2S/c22-17(15-11-14(20-21-15)16-6-4-10-24-16)19-8-1-2-9-23-13-5-3-7-18-12-13/h3-7,10-12H,8-9H2,(H,19,22)(H,20,21). The summed E-state index contributed by atoms with van der Waals surface area (Å²) in [5.41, 5.74) is 1.16. The number of hydrogen-bond donors (Lipinski definition) is 2. The summed E-state index contributed by atoms with van der Waals surface area (Å²) in [5.74, 6) is 6.05. The molecule has 3 heterocycles. The van der Waals surface area contributed by atoms with Crippen LogP contribution in [0, 0.1) is 11.8 Å². The van der Waals surface area contributed by atoms with Crippen molar-refractivity contribution in [1.29, 1.82) is 0 Å². The summed E-state index contributed by atoms with van der Waals surface area (Å²) in [6.45, 7) is 0.475. The van der Waals surface area contributed by atoms with Crippen LogP contribution in [0.15, 0.2) is 48.1 Å². The molecule has 0 unspecified atom stereocenters. The van der Waals surface area contributed by atoms with Crippen LogP contribution in [0.4, 0.5) is 0 Å². The molecular weight excluding hydrogens is 324 g/mol. The number of pyridine rings is 1. The number of nitrogens with one attached hydrogen (secondary N) is 2. The monoisotopic (exact) mass is 338 g/mol. The van der Waals surface area contributed by atoms with Gasteiger partial charge in [-0.3, -0.25) is 14.9 Å². The lowest BCUT2D eigenvalue weighted by atomic mass is 10.3. The minimum atomic E-state index is -0.267. The third kappa shape index (κ3) is 4.21. The summed E-state index contributed by atoms with van der Waals surface area (Å²) >= 11 is 1.58. The molecule has 0 aliphatic rings. The smallest absolute Gasteiger partial charge is 0.272 e. The van der Waals surface area contributed by atoms with Gasteiger partial charge in [-0.05, 0) is 29.6 Å². The maximum Gasteiger partial charge on any atom is 0.272 e. The number of aromatic nitrogens is 3. The quantitative estimate of drug-likeness (QED) is 0.700. The summed E-state index contributed by atoms with van der Waals surface area (Å²) < 4.78 is 5.38. The highest BCUT2D eigenvalue weighted by atomic mass is 32.1. The fourth-order valence-corrected chi connectivity index (χ4v) is 2.57. The average Bonchev–Trinajstić information content (AvgIpc) is 3.29. The van der Waals surface area contributed by atoms with E-state index in [-0.39, 0.29) is 19.1 Å². The predicted octanol–water partition coefficient (Wildman–Crippen LogP) is 2.35. The van der Waals surface area contributed by atoms with Crippen molar-refractivity contribution < 1.29 is 9.53 Å². The van der Waals surface area contributed by atoms with Gasteiger partial charge in [0.2, 0.25) is 0 Å². The third-order valence-corrected chi connectivity index (χ3v) is 3.91. The maximum atomic E-state index is 12.0. The second kappa shape index (κ2) is 7.94. The van der Waals surface area contributed by atoms with E-state index in [1.807, 2.05) is 17.5 Å². The van der Waals surface area contributed by atoms with Gasteiger partial charge in [-0.15, -0.1) is 11.3 Å². The zero-order valence-corrected chi connectivity index (χ0v) is 13.5. The van der Waals surface area contributed by atoms with E-state index in [1.165, 1.54) is 0 Å². The molecule has 120 valence electrons. The Morgan fingerprint density at radius 2 is 2.29 bits per heavy atom. The summed E-state index contributed by atoms with van der Waals surface area (Å²) in [4.78, 5) is 17.0. The van der Waals surface area contributed by atoms with Crippen molar-refractivity contribution in [2.75, 3.05) is 13.2 Å². The molecule has 0 spiro atoms. The summed E-state index contributed by atoms with van der Waals surface area (Å²) in [6, 6.07) is 9.23. The zero-order valence-electron chi connectivity index (χ0n) is 12.7. The SMILES string of the molecule is O=C(NCC#CCOc1cccnc1)c1cc(-c2cccs2)[nH]n1. The number of rotatable bonds is 5. The number of amides is 1. The Balaban J connectivity index is 1.44. The molecule has 3 aromatic rings. The molecule has 0 saturated heterocycles. The fraction of sp³-hybridized carbons (Fsp3) is 0.118. The van der Waals surface area contributed by atoms with Gasteiger partial charge in [0.05, 0.1) is 23.3 Å². The van der Waals surface area contributed by atoms with Gasteiger partial charge in [0.15, 0.2) is 5.69 Å². The molecule has 7 heteroatoms. The van der Waals surface area contributed by atoms with Crippen molar-refractivity contribution in [2.45, 2.75) is 0 Å². The predicted molar refractivity (Wildman–Crippen MR) is 91.7 cm³/mol. The van der Waals surface area contributed by atoms with Gasteiger partial charge in [0, 0.05) is 6.20 Å². The van der Waals surface area contributed by atoms with Crippen molar-refractivity contribution >= 4 is 17.2 Å². The van der Waals surface area contributed by atoms with Crippen molar-refractivity contribution in [3.63, 3.8) is 0 Å². The first-order valence-corrected chi connectivity index (χ1v) is 8.07. The Labute approximate surface area is 142 Å². The van der Waals surface area contributed by atoms with Gasteiger partial charge >= 0.3 is 0 Å². The third-order valence-electron chi connectivity index (χ3n) is 3.00. The molecule has 0 fully saturated rings. The van der Waals surface area contributed by atoms with Crippen LogP contribution in [0.25, 0.3) is 10.6 Å². The van der Waals surface area contributed by atoms with E-state index in [2.05, 4.69) is 32.3 Å². The van der Waals surface area contributed by atoms with Gasteiger partial charge in [0.25, 0.3) is 5.91 Å². The number of hydrogen-bond acceptors (Lipinski definition) is 5. The molecule has 0 aliphatic heterocycles. The van der Waals surface area contributed by atoms with Gasteiger partial charge in [-0.2, -0.15) is 5.10 Å². The highest BCUT2D eigenvalue weighted by Gasteiger charge is 2.10. The first-order valence-electron chi connectivity index (χ1n) is 7.19. The lowest BCUT2D eigenvalue weighted by Crippen LogP contribution is -2.24. The number of H-pyrrole nitrogens is 1. The summed E-state index contributed by atoms with van der Waals surface area (Å²) in [6.07, 6.45) is 3.29. The van der Waals surface area contributed by atoms with E-state index in [9.17, 15) is 4.79 Å². The average molecular weight is 338 g/mol. The molecule has 6 nitrogen and oxygen atoms in total. The number of aromatic amines is 1. The maximum absolute atomic E-state index is 12.0. The van der Waals surface area contributed by atoms with Crippen molar-refractivity contribution in [1.82, 2.24) is 20.5 Å². The first-order chi connectivity index (χ1) is 11.8. The van der Waals surface area contributed by atoms with Gasteiger partial charge in [-0.25, -0.2) is 0 Å². The van der Waals surface area contributed by atoms with Crippen molar-refractivity contribution in [3.05, 3.63) is 53.8 Å². The molecule has 0 radical (unpaired) electrons. The van der Waals surface area contributed by atoms with E-state index in [0.29, 0.717) is 11.4 Å². The molecular formula is C17H14N4O2S. The molecule has 1 amide bonds. The van der Waals surface area contributed by atoms with Crippen LogP contribution in [0.1, 0.15) is 10.5 Å². The first kappa shape index (κ1) is 15.8. The van der Waals surface area contributed by atoms with Crippen LogP contribution in [0.3, 0.4) is 0 Å². The van der Waals surface area contributed by atoms with E-state index in [1.54, 1.807) is 41.9 Å². The molecule has 0 aromatic carbocycles. The molecule has 24 heavy (non-hydrogen) atoms. The summed E-state index contributed by atoms with van der Waals surface area (Å²) in [5, 5.41) is 11.5. The molecule has 3 rings (SSSR count). The number of carbonyl (C=O) groups is 1. The number of ether oxygens (including phenoxy) is 1. The Hall–Kier alpha value is -3.11. The van der Waals surface area contributed by atoms with Crippen molar-refractivity contribution in [2.24, 2.45) is 0 Å². The van der Waals surface area contributed by atoms with Crippen molar-refractivity contribution in [3.8, 4) is 28.2 Å². The number of nitrogens with zero attached hydrogens (tertiary/aromatic N) is 2. The molecule has 0 saturated carbocycles. The van der Waals surface area contributed by atoms with Gasteiger partial charge in [-0.1, -0.05) is 17.9 Å². The lowest BCUT2D eigenvalue weighted by molar-refractivity contribution is 0.0953. The van der Waals surface area contributed by atoms with Gasteiger partial charge in [0.1, 0.15) is 12.4 Å². The highest BCUT2D eigenvalue weighted by molar-refractivity contribution is 7.13. The van der Waals surface area contributed by atoms with E-state index < -0.39 is 0 Å². The second-order valence-corrected chi connectivity index (χ2v) is 5.61. The largest absolute Gasteiger partial charge is 0.479 e. The Morgan fingerprint density at radius 3 is 3.08 bits per heavy atom. The molecule has 0 atom stereocenters. The van der Waals surface area contributed by atoms with E-state index in [4.69, 9.17) is 4.74 Å². The van der Waals surface area contributed by atoms with Crippen LogP contribution >= 0.6 is 11.3 Å². The van der Waals surface area contributed by atoms with Crippen LogP contribution in [-0.4, -0.2) is 34.2 Å². The summed E-state index contributed by atoms with van der Waals surface area (Å²) in [7, 11) is 0. The van der Waals surface area contributed by atoms with Crippen LogP contribution < -0.4 is 10.1 Å². The highest BCUT2D eigenvalue weighted by Crippen LogP contribution is 2.22. The Kier molecular flexibility index (Phi) is 5.22. The fourth-order valence-electron chi connectivity index (χ4n) is 1.88.